The van der Waals surface area contributed by atoms with Gasteiger partial charge in [0.25, 0.3) is 0 Å². The number of Topliss-reactive ketones (excluding diaryl/α,β-unsaturated/α-hetero) is 1. The molecule has 7 N–H and O–H groups in total. The molecule has 1 unspecified atom stereocenters. The number of hydrogen-bond acceptors (Lipinski definition) is 9. The fourth-order valence-corrected chi connectivity index (χ4v) is 3.35. The quantitative estimate of drug-likeness (QED) is 0.299. The highest BCUT2D eigenvalue weighted by atomic mass is 32.1. The first kappa shape index (κ1) is 19.2. The number of aromatic hydroxyl groups is 4. The Kier molecular flexibility index (Phi) is 5.09. The van der Waals surface area contributed by atoms with Gasteiger partial charge in [-0.3, -0.25) is 4.79 Å². The van der Waals surface area contributed by atoms with Crippen molar-refractivity contribution in [2.45, 2.75) is 24.2 Å². The van der Waals surface area contributed by atoms with Gasteiger partial charge in [-0.05, 0) is 17.7 Å². The number of thiol groups is 1. The lowest BCUT2D eigenvalue weighted by Crippen LogP contribution is -2.45. The van der Waals surface area contributed by atoms with Gasteiger partial charge in [0, 0.05) is 23.4 Å². The molecule has 8 nitrogen and oxygen atoms in total. The zero-order valence-electron chi connectivity index (χ0n) is 14.0. The molecule has 2 aromatic rings. The van der Waals surface area contributed by atoms with Crippen LogP contribution < -0.4 is 10.5 Å². The summed E-state index contributed by atoms with van der Waals surface area (Å²) >= 11 is 4.01. The maximum atomic E-state index is 12.8. The number of hydrogen-bond donors (Lipinski definition) is 7. The van der Waals surface area contributed by atoms with Gasteiger partial charge in [0.05, 0.1) is 12.0 Å². The van der Waals surface area contributed by atoms with Gasteiger partial charge < -0.3 is 36.0 Å². The summed E-state index contributed by atoms with van der Waals surface area (Å²) in [6, 6.07) is 5.07. The highest BCUT2D eigenvalue weighted by Crippen LogP contribution is 2.49. The molecule has 0 spiro atoms. The van der Waals surface area contributed by atoms with Crippen molar-refractivity contribution in [2.24, 2.45) is 5.73 Å². The van der Waals surface area contributed by atoms with Crippen LogP contribution in [0.25, 0.3) is 0 Å². The first-order valence-electron chi connectivity index (χ1n) is 8.07. The largest absolute Gasteiger partial charge is 0.508 e. The Morgan fingerprint density at radius 2 is 1.81 bits per heavy atom. The fourth-order valence-electron chi connectivity index (χ4n) is 3.17. The van der Waals surface area contributed by atoms with Gasteiger partial charge in [0.15, 0.2) is 23.4 Å². The normalized spacial score (nSPS) is 22.6. The molecule has 0 aromatic heterocycles. The van der Waals surface area contributed by atoms with Crippen LogP contribution >= 0.6 is 12.6 Å². The molecule has 0 bridgehead atoms. The van der Waals surface area contributed by atoms with E-state index in [0.29, 0.717) is 0 Å². The minimum atomic E-state index is -1.45. The fraction of sp³-hybridized carbons (Fsp3) is 0.278. The van der Waals surface area contributed by atoms with E-state index in [1.165, 1.54) is 24.3 Å². The summed E-state index contributed by atoms with van der Waals surface area (Å²) in [4.78, 5) is 12.8. The van der Waals surface area contributed by atoms with Crippen LogP contribution in [0.1, 0.15) is 23.1 Å². The summed E-state index contributed by atoms with van der Waals surface area (Å²) in [6.07, 6.45) is -2.57. The molecule has 0 saturated heterocycles. The number of phenolic OH excluding ortho intramolecular Hbond substituents is 4. The Hall–Kier alpha value is -2.62. The lowest BCUT2D eigenvalue weighted by molar-refractivity contribution is -0.127. The third-order valence-electron chi connectivity index (χ3n) is 4.52. The van der Waals surface area contributed by atoms with E-state index < -0.39 is 41.4 Å². The van der Waals surface area contributed by atoms with Gasteiger partial charge in [0.2, 0.25) is 0 Å². The van der Waals surface area contributed by atoms with Crippen molar-refractivity contribution in [3.8, 4) is 28.7 Å². The van der Waals surface area contributed by atoms with Gasteiger partial charge in [-0.25, -0.2) is 0 Å². The molecule has 9 heteroatoms. The number of rotatable bonds is 4. The molecule has 3 rings (SSSR count). The Balaban J connectivity index is 2.14. The maximum absolute atomic E-state index is 12.8. The number of carbonyl (C=O) groups is 1. The predicted molar refractivity (Wildman–Crippen MR) is 98.5 cm³/mol. The van der Waals surface area contributed by atoms with Crippen LogP contribution in [-0.2, 0) is 4.79 Å². The van der Waals surface area contributed by atoms with Gasteiger partial charge in [-0.2, -0.15) is 12.6 Å². The van der Waals surface area contributed by atoms with Gasteiger partial charge >= 0.3 is 0 Å². The molecule has 0 saturated carbocycles. The van der Waals surface area contributed by atoms with Crippen LogP contribution in [-0.4, -0.2) is 49.2 Å². The molecule has 0 radical (unpaired) electrons. The van der Waals surface area contributed by atoms with Crippen LogP contribution in [0.2, 0.25) is 0 Å². The minimum Gasteiger partial charge on any atom is -0.508 e. The van der Waals surface area contributed by atoms with Gasteiger partial charge in [0.1, 0.15) is 23.4 Å². The molecule has 2 aromatic carbocycles. The van der Waals surface area contributed by atoms with E-state index in [1.54, 1.807) is 0 Å². The van der Waals surface area contributed by atoms with E-state index in [9.17, 15) is 30.3 Å². The summed E-state index contributed by atoms with van der Waals surface area (Å²) in [6.45, 7) is 0. The third-order valence-corrected chi connectivity index (χ3v) is 4.91. The molecular formula is C18H19NO7S. The second kappa shape index (κ2) is 7.18. The number of aliphatic hydroxyl groups excluding tert-OH is 1. The SMILES string of the molecule is N[C@@H](CS)C(=O)[C@H]1c2c(O)cc(O)cc2O[C@@H](c2ccc(O)c(O)c2)C1O. The Morgan fingerprint density at radius 1 is 1.11 bits per heavy atom. The summed E-state index contributed by atoms with van der Waals surface area (Å²) in [5, 5.41) is 50.1. The van der Waals surface area contributed by atoms with Crippen LogP contribution in [0.3, 0.4) is 0 Å². The van der Waals surface area contributed by atoms with Crippen LogP contribution in [0.5, 0.6) is 28.7 Å². The second-order valence-electron chi connectivity index (χ2n) is 6.32. The van der Waals surface area contributed by atoms with E-state index in [4.69, 9.17) is 10.5 Å². The van der Waals surface area contributed by atoms with Crippen LogP contribution in [0.15, 0.2) is 30.3 Å². The topological polar surface area (TPSA) is 153 Å². The van der Waals surface area contributed by atoms with Crippen molar-refractivity contribution in [3.63, 3.8) is 0 Å². The molecular weight excluding hydrogens is 374 g/mol. The molecule has 0 amide bonds. The number of nitrogens with two attached hydrogens (primary N) is 1. The van der Waals surface area contributed by atoms with E-state index in [1.807, 2.05) is 0 Å². The van der Waals surface area contributed by atoms with Crippen LogP contribution in [0.4, 0.5) is 0 Å². The molecule has 1 heterocycles. The molecule has 0 aliphatic carbocycles. The number of carbonyl (C=O) groups excluding carboxylic acids is 1. The Labute approximate surface area is 159 Å². The molecule has 4 atom stereocenters. The van der Waals surface area contributed by atoms with E-state index >= 15 is 0 Å². The van der Waals surface area contributed by atoms with Gasteiger partial charge in [-0.15, -0.1) is 0 Å². The van der Waals surface area contributed by atoms with Gasteiger partial charge in [-0.1, -0.05) is 6.07 Å². The van der Waals surface area contributed by atoms with Crippen molar-refractivity contribution in [1.82, 2.24) is 0 Å². The minimum absolute atomic E-state index is 0.0000732. The monoisotopic (exact) mass is 393 g/mol. The number of benzene rings is 2. The molecule has 0 fully saturated rings. The van der Waals surface area contributed by atoms with E-state index in [2.05, 4.69) is 12.6 Å². The number of phenols is 4. The number of ketones is 1. The molecule has 27 heavy (non-hydrogen) atoms. The summed E-state index contributed by atoms with van der Waals surface area (Å²) < 4.78 is 5.71. The lowest BCUT2D eigenvalue weighted by atomic mass is 9.79. The second-order valence-corrected chi connectivity index (χ2v) is 6.69. The first-order valence-corrected chi connectivity index (χ1v) is 8.70. The van der Waals surface area contributed by atoms with E-state index in [-0.39, 0.29) is 34.1 Å². The summed E-state index contributed by atoms with van der Waals surface area (Å²) in [5.41, 5.74) is 6.09. The smallest absolute Gasteiger partial charge is 0.160 e. The van der Waals surface area contributed by atoms with Crippen LogP contribution in [0, 0.1) is 0 Å². The lowest BCUT2D eigenvalue weighted by Gasteiger charge is -2.37. The average molecular weight is 393 g/mol. The predicted octanol–water partition coefficient (Wildman–Crippen LogP) is 0.913. The molecule has 144 valence electrons. The average Bonchev–Trinajstić information content (AvgIpc) is 2.62. The third kappa shape index (κ3) is 3.36. The van der Waals surface area contributed by atoms with Crippen molar-refractivity contribution in [2.75, 3.05) is 5.75 Å². The Morgan fingerprint density at radius 3 is 2.44 bits per heavy atom. The number of aliphatic hydroxyl groups is 1. The van der Waals surface area contributed by atoms with Crippen molar-refractivity contribution >= 4 is 18.4 Å². The number of fused-ring (bicyclic) bond motifs is 1. The highest BCUT2D eigenvalue weighted by molar-refractivity contribution is 7.80. The van der Waals surface area contributed by atoms with Crippen molar-refractivity contribution < 1.29 is 35.1 Å². The van der Waals surface area contributed by atoms with Crippen molar-refractivity contribution in [1.29, 1.82) is 0 Å². The maximum Gasteiger partial charge on any atom is 0.160 e. The summed E-state index contributed by atoms with van der Waals surface area (Å²) in [5.74, 6) is -3.26. The summed E-state index contributed by atoms with van der Waals surface area (Å²) in [7, 11) is 0. The highest BCUT2D eigenvalue weighted by Gasteiger charge is 2.45. The molecule has 1 aliphatic rings. The zero-order valence-corrected chi connectivity index (χ0v) is 14.9. The van der Waals surface area contributed by atoms with E-state index in [0.717, 1.165) is 6.07 Å². The number of ether oxygens (including phenoxy) is 1. The molecule has 1 aliphatic heterocycles. The first-order chi connectivity index (χ1) is 12.7. The standard InChI is InChI=1S/C18H19NO7S/c19-9(6-27)16(24)15-14-12(23)4-8(20)5-13(14)26-18(17(15)25)7-1-2-10(21)11(22)3-7/h1-5,9,15,17-18,20-23,25,27H,6,19H2/t9-,15+,17?,18-/m0/s1. The van der Waals surface area contributed by atoms with Crippen molar-refractivity contribution in [3.05, 3.63) is 41.5 Å². The zero-order chi connectivity index (χ0) is 19.9. The Bertz CT molecular complexity index is 888.